The van der Waals surface area contributed by atoms with Gasteiger partial charge < -0.3 is 24.9 Å². The minimum Gasteiger partial charge on any atom is -0.462 e. The van der Waals surface area contributed by atoms with Crippen molar-refractivity contribution in [3.63, 3.8) is 0 Å². The largest absolute Gasteiger partial charge is 0.462 e. The smallest absolute Gasteiger partial charge is 0.323 e. The van der Waals surface area contributed by atoms with Gasteiger partial charge in [0.1, 0.15) is 30.1 Å². The van der Waals surface area contributed by atoms with E-state index < -0.39 is 34.2 Å². The van der Waals surface area contributed by atoms with Crippen molar-refractivity contribution in [3.8, 4) is 11.3 Å². The molecule has 1 aromatic heterocycles. The Morgan fingerprint density at radius 1 is 1.23 bits per heavy atom. The second-order valence-corrected chi connectivity index (χ2v) is 12.3. The van der Waals surface area contributed by atoms with Gasteiger partial charge in [0, 0.05) is 29.6 Å². The normalized spacial score (nSPS) is 19.0. The summed E-state index contributed by atoms with van der Waals surface area (Å²) in [5.74, 6) is -0.571. The Kier molecular flexibility index (Phi) is 8.57. The molecule has 0 aliphatic carbocycles. The number of ether oxygens (including phenoxy) is 2. The molecule has 1 aliphatic heterocycles. The molecule has 0 unspecified atom stereocenters. The number of nitrogens with one attached hydrogen (secondary N) is 1. The molecule has 2 aromatic carbocycles. The zero-order valence-corrected chi connectivity index (χ0v) is 24.5. The Morgan fingerprint density at radius 2 is 1.90 bits per heavy atom. The third kappa shape index (κ3) is 5.86. The average Bonchev–Trinajstić information content (AvgIpc) is 3.23. The molecule has 2 heterocycles. The van der Waals surface area contributed by atoms with E-state index in [2.05, 4.69) is 5.32 Å². The summed E-state index contributed by atoms with van der Waals surface area (Å²) in [6.07, 6.45) is 0.482. The second kappa shape index (κ2) is 11.6. The van der Waals surface area contributed by atoms with Crippen molar-refractivity contribution < 1.29 is 31.9 Å². The summed E-state index contributed by atoms with van der Waals surface area (Å²) in [6.45, 7) is 7.31. The van der Waals surface area contributed by atoms with Crippen molar-refractivity contribution in [2.45, 2.75) is 52.4 Å². The summed E-state index contributed by atoms with van der Waals surface area (Å²) >= 11 is 0. The standard InChI is InChI=1S/C29H37N3O7S/c1-7-17(3)26(30)29(34)37-15-20-14-32(40(6,35)36)23-13-24-22(12-21(23)18(4)38-20)25(28(33)31-5)27(39-24)19-10-8-16(2)9-11-19/h8-13,17-18,20,26H,7,14-15,30H2,1-6H3,(H,31,33)/t17-,18-,20-,26-/m0/s1. The number of sulfonamides is 1. The minimum atomic E-state index is -3.77. The number of nitrogens with zero attached hydrogens (tertiary/aromatic N) is 1. The maximum absolute atomic E-state index is 13.0. The number of esters is 1. The highest BCUT2D eigenvalue weighted by Crippen LogP contribution is 2.42. The molecule has 0 bridgehead atoms. The summed E-state index contributed by atoms with van der Waals surface area (Å²) in [5, 5.41) is 3.21. The molecule has 10 nitrogen and oxygen atoms in total. The lowest BCUT2D eigenvalue weighted by Gasteiger charge is -2.25. The van der Waals surface area contributed by atoms with E-state index >= 15 is 0 Å². The Morgan fingerprint density at radius 3 is 2.50 bits per heavy atom. The van der Waals surface area contributed by atoms with Gasteiger partial charge in [-0.25, -0.2) is 8.42 Å². The van der Waals surface area contributed by atoms with Gasteiger partial charge in [0.15, 0.2) is 0 Å². The summed E-state index contributed by atoms with van der Waals surface area (Å²) in [5.41, 5.74) is 9.42. The fraction of sp³-hybridized carbons (Fsp3) is 0.448. The first-order valence-electron chi connectivity index (χ1n) is 13.3. The number of hydrogen-bond donors (Lipinski definition) is 2. The first kappa shape index (κ1) is 29.6. The summed E-state index contributed by atoms with van der Waals surface area (Å²) < 4.78 is 45.1. The monoisotopic (exact) mass is 571 g/mol. The van der Waals surface area contributed by atoms with E-state index in [-0.39, 0.29) is 25.0 Å². The molecule has 40 heavy (non-hydrogen) atoms. The lowest BCUT2D eigenvalue weighted by molar-refractivity contribution is -0.151. The van der Waals surface area contributed by atoms with Crippen LogP contribution in [0.4, 0.5) is 5.69 Å². The molecule has 3 N–H and O–H groups in total. The topological polar surface area (TPSA) is 141 Å². The molecule has 1 aliphatic rings. The van der Waals surface area contributed by atoms with Crippen LogP contribution >= 0.6 is 0 Å². The van der Waals surface area contributed by atoms with Crippen molar-refractivity contribution in [2.75, 3.05) is 30.8 Å². The first-order chi connectivity index (χ1) is 18.8. The van der Waals surface area contributed by atoms with Gasteiger partial charge in [-0.05, 0) is 25.8 Å². The second-order valence-electron chi connectivity index (χ2n) is 10.4. The van der Waals surface area contributed by atoms with Gasteiger partial charge in [-0.2, -0.15) is 0 Å². The van der Waals surface area contributed by atoms with Crippen molar-refractivity contribution >= 4 is 38.6 Å². The van der Waals surface area contributed by atoms with Gasteiger partial charge in [0.25, 0.3) is 5.91 Å². The first-order valence-corrected chi connectivity index (χ1v) is 15.1. The number of hydrogen-bond acceptors (Lipinski definition) is 8. The van der Waals surface area contributed by atoms with E-state index in [1.54, 1.807) is 26.1 Å². The summed E-state index contributed by atoms with van der Waals surface area (Å²) in [7, 11) is -2.23. The maximum atomic E-state index is 13.0. The maximum Gasteiger partial charge on any atom is 0.323 e. The van der Waals surface area contributed by atoms with Crippen LogP contribution in [0.25, 0.3) is 22.3 Å². The highest BCUT2D eigenvalue weighted by molar-refractivity contribution is 7.92. The predicted octanol–water partition coefficient (Wildman–Crippen LogP) is 3.91. The lowest BCUT2D eigenvalue weighted by Crippen LogP contribution is -2.42. The van der Waals surface area contributed by atoms with E-state index in [9.17, 15) is 18.0 Å². The summed E-state index contributed by atoms with van der Waals surface area (Å²) in [4.78, 5) is 25.5. The van der Waals surface area contributed by atoms with Crippen LogP contribution in [0.3, 0.4) is 0 Å². The van der Waals surface area contributed by atoms with Crippen LogP contribution in [0.2, 0.25) is 0 Å². The number of benzene rings is 2. The lowest BCUT2D eigenvalue weighted by atomic mass is 10.00. The highest BCUT2D eigenvalue weighted by Gasteiger charge is 2.35. The van der Waals surface area contributed by atoms with E-state index in [0.717, 1.165) is 23.8 Å². The Labute approximate surface area is 234 Å². The van der Waals surface area contributed by atoms with Gasteiger partial charge >= 0.3 is 5.97 Å². The minimum absolute atomic E-state index is 0.0620. The molecule has 0 fully saturated rings. The van der Waals surface area contributed by atoms with Crippen LogP contribution < -0.4 is 15.4 Å². The van der Waals surface area contributed by atoms with Gasteiger partial charge in [-0.15, -0.1) is 0 Å². The molecule has 3 aromatic rings. The van der Waals surface area contributed by atoms with Gasteiger partial charge in [-0.3, -0.25) is 13.9 Å². The number of carbonyl (C=O) groups excluding carboxylic acids is 2. The van der Waals surface area contributed by atoms with Crippen molar-refractivity contribution in [3.05, 3.63) is 53.1 Å². The summed E-state index contributed by atoms with van der Waals surface area (Å²) in [6, 6.07) is 10.2. The van der Waals surface area contributed by atoms with Crippen molar-refractivity contribution in [1.29, 1.82) is 0 Å². The van der Waals surface area contributed by atoms with E-state index in [1.807, 2.05) is 45.0 Å². The van der Waals surface area contributed by atoms with Gasteiger partial charge in [0.2, 0.25) is 10.0 Å². The molecule has 216 valence electrons. The fourth-order valence-electron chi connectivity index (χ4n) is 4.80. The van der Waals surface area contributed by atoms with E-state index in [4.69, 9.17) is 19.6 Å². The van der Waals surface area contributed by atoms with Crippen molar-refractivity contribution in [2.24, 2.45) is 11.7 Å². The average molecular weight is 572 g/mol. The number of nitrogens with two attached hydrogens (primary N) is 1. The molecule has 1 amide bonds. The highest BCUT2D eigenvalue weighted by atomic mass is 32.2. The zero-order chi connectivity index (χ0) is 29.4. The number of furan rings is 1. The number of anilines is 1. The van der Waals surface area contributed by atoms with E-state index in [1.165, 1.54) is 4.31 Å². The van der Waals surface area contributed by atoms with Gasteiger partial charge in [-0.1, -0.05) is 50.1 Å². The predicted molar refractivity (Wildman–Crippen MR) is 154 cm³/mol. The van der Waals surface area contributed by atoms with Crippen LogP contribution in [0, 0.1) is 12.8 Å². The Hall–Kier alpha value is -3.41. The van der Waals surface area contributed by atoms with Crippen LogP contribution in [-0.4, -0.2) is 58.9 Å². The fourth-order valence-corrected chi connectivity index (χ4v) is 5.75. The number of aryl methyl sites for hydroxylation is 1. The van der Waals surface area contributed by atoms with Crippen LogP contribution in [-0.2, 0) is 24.3 Å². The number of fused-ring (bicyclic) bond motifs is 2. The molecule has 4 atom stereocenters. The molecule has 4 rings (SSSR count). The SMILES string of the molecule is CC[C@H](C)[C@H](N)C(=O)OC[C@@H]1CN(S(C)(=O)=O)c2cc3oc(-c4ccc(C)cc4)c(C(=O)NC)c3cc2[C@H](C)O1. The molecule has 0 saturated carbocycles. The zero-order valence-electron chi connectivity index (χ0n) is 23.7. The van der Waals surface area contributed by atoms with Crippen LogP contribution in [0.15, 0.2) is 40.8 Å². The third-order valence-electron chi connectivity index (χ3n) is 7.42. The number of amides is 1. The molecular formula is C29H37N3O7S. The van der Waals surface area contributed by atoms with Crippen LogP contribution in [0.1, 0.15) is 54.8 Å². The number of carbonyl (C=O) groups is 2. The van der Waals surface area contributed by atoms with E-state index in [0.29, 0.717) is 33.5 Å². The van der Waals surface area contributed by atoms with Crippen molar-refractivity contribution in [1.82, 2.24) is 5.32 Å². The molecule has 11 heteroatoms. The molecule has 0 spiro atoms. The molecule has 0 radical (unpaired) electrons. The quantitative estimate of drug-likeness (QED) is 0.388. The number of rotatable bonds is 8. The van der Waals surface area contributed by atoms with Gasteiger partial charge in [0.05, 0.1) is 30.2 Å². The third-order valence-corrected chi connectivity index (χ3v) is 8.57. The Balaban J connectivity index is 1.77. The molecular weight excluding hydrogens is 534 g/mol. The van der Waals surface area contributed by atoms with Crippen LogP contribution in [0.5, 0.6) is 0 Å². The molecule has 0 saturated heterocycles. The Bertz CT molecular complexity index is 1510.